The number of halogens is 1. The van der Waals surface area contributed by atoms with Crippen LogP contribution >= 0.6 is 15.9 Å². The Morgan fingerprint density at radius 1 is 1.17 bits per heavy atom. The first-order valence-corrected chi connectivity index (χ1v) is 6.84. The van der Waals surface area contributed by atoms with Gasteiger partial charge in [-0.3, -0.25) is 0 Å². The quantitative estimate of drug-likeness (QED) is 0.926. The SMILES string of the molecule is CCCNc1cc(C)nc(-c2ccc(Br)cc2)n1. The minimum atomic E-state index is 0.765. The first-order valence-electron chi connectivity index (χ1n) is 6.04. The third-order valence-electron chi connectivity index (χ3n) is 2.51. The maximum Gasteiger partial charge on any atom is 0.161 e. The Morgan fingerprint density at radius 2 is 1.89 bits per heavy atom. The van der Waals surface area contributed by atoms with E-state index in [4.69, 9.17) is 0 Å². The van der Waals surface area contributed by atoms with Crippen LogP contribution in [0.25, 0.3) is 11.4 Å². The van der Waals surface area contributed by atoms with E-state index in [9.17, 15) is 0 Å². The molecule has 0 saturated heterocycles. The van der Waals surface area contributed by atoms with Crippen molar-refractivity contribution in [3.8, 4) is 11.4 Å². The summed E-state index contributed by atoms with van der Waals surface area (Å²) in [6.07, 6.45) is 1.08. The van der Waals surface area contributed by atoms with Crippen molar-refractivity contribution >= 4 is 21.7 Å². The van der Waals surface area contributed by atoms with Gasteiger partial charge in [-0.1, -0.05) is 35.0 Å². The highest BCUT2D eigenvalue weighted by Gasteiger charge is 2.04. The number of anilines is 1. The number of rotatable bonds is 4. The molecule has 0 amide bonds. The molecule has 1 heterocycles. The summed E-state index contributed by atoms with van der Waals surface area (Å²) in [4.78, 5) is 9.01. The highest BCUT2D eigenvalue weighted by Crippen LogP contribution is 2.20. The fourth-order valence-electron chi connectivity index (χ4n) is 1.64. The van der Waals surface area contributed by atoms with Crippen LogP contribution in [0.5, 0.6) is 0 Å². The third kappa shape index (κ3) is 3.29. The molecule has 0 aliphatic carbocycles. The summed E-state index contributed by atoms with van der Waals surface area (Å²) in [7, 11) is 0. The van der Waals surface area contributed by atoms with Crippen LogP contribution in [0.1, 0.15) is 19.0 Å². The second-order valence-electron chi connectivity index (χ2n) is 4.15. The minimum Gasteiger partial charge on any atom is -0.370 e. The van der Waals surface area contributed by atoms with Crippen molar-refractivity contribution in [3.05, 3.63) is 40.5 Å². The van der Waals surface area contributed by atoms with Crippen LogP contribution in [0.15, 0.2) is 34.8 Å². The van der Waals surface area contributed by atoms with E-state index >= 15 is 0 Å². The summed E-state index contributed by atoms with van der Waals surface area (Å²) in [5.41, 5.74) is 2.00. The topological polar surface area (TPSA) is 37.8 Å². The van der Waals surface area contributed by atoms with Gasteiger partial charge >= 0.3 is 0 Å². The molecule has 2 rings (SSSR count). The summed E-state index contributed by atoms with van der Waals surface area (Å²) in [6, 6.07) is 10.0. The number of hydrogen-bond acceptors (Lipinski definition) is 3. The first-order chi connectivity index (χ1) is 8.69. The Morgan fingerprint density at radius 3 is 2.56 bits per heavy atom. The molecule has 0 radical (unpaired) electrons. The zero-order chi connectivity index (χ0) is 13.0. The summed E-state index contributed by atoms with van der Waals surface area (Å²) in [6.45, 7) is 5.05. The summed E-state index contributed by atoms with van der Waals surface area (Å²) in [5.74, 6) is 1.66. The Hall–Kier alpha value is -1.42. The van der Waals surface area contributed by atoms with Gasteiger partial charge in [0, 0.05) is 28.3 Å². The fourth-order valence-corrected chi connectivity index (χ4v) is 1.90. The van der Waals surface area contributed by atoms with Crippen LogP contribution in [-0.4, -0.2) is 16.5 Å². The molecular weight excluding hydrogens is 290 g/mol. The lowest BCUT2D eigenvalue weighted by Gasteiger charge is -2.07. The van der Waals surface area contributed by atoms with E-state index in [0.717, 1.165) is 40.3 Å². The molecule has 3 nitrogen and oxygen atoms in total. The monoisotopic (exact) mass is 305 g/mol. The van der Waals surface area contributed by atoms with Gasteiger partial charge in [0.25, 0.3) is 0 Å². The maximum atomic E-state index is 4.53. The molecule has 0 atom stereocenters. The second-order valence-corrected chi connectivity index (χ2v) is 5.07. The van der Waals surface area contributed by atoms with E-state index in [1.54, 1.807) is 0 Å². The van der Waals surface area contributed by atoms with Crippen LogP contribution in [0.3, 0.4) is 0 Å². The molecule has 1 aromatic carbocycles. The molecule has 18 heavy (non-hydrogen) atoms. The first kappa shape index (κ1) is 13.0. The van der Waals surface area contributed by atoms with Gasteiger partial charge in [-0.25, -0.2) is 9.97 Å². The van der Waals surface area contributed by atoms with E-state index < -0.39 is 0 Å². The fraction of sp³-hybridized carbons (Fsp3) is 0.286. The van der Waals surface area contributed by atoms with Crippen LogP contribution in [0, 0.1) is 6.92 Å². The van der Waals surface area contributed by atoms with Crippen LogP contribution in [0.2, 0.25) is 0 Å². The number of aromatic nitrogens is 2. The van der Waals surface area contributed by atoms with Crippen molar-refractivity contribution in [2.75, 3.05) is 11.9 Å². The zero-order valence-electron chi connectivity index (χ0n) is 10.6. The summed E-state index contributed by atoms with van der Waals surface area (Å²) >= 11 is 3.43. The van der Waals surface area contributed by atoms with Gasteiger partial charge in [-0.15, -0.1) is 0 Å². The van der Waals surface area contributed by atoms with E-state index in [2.05, 4.69) is 38.1 Å². The number of nitrogens with one attached hydrogen (secondary N) is 1. The van der Waals surface area contributed by atoms with Crippen LogP contribution in [-0.2, 0) is 0 Å². The van der Waals surface area contributed by atoms with Gasteiger partial charge in [-0.2, -0.15) is 0 Å². The molecule has 4 heteroatoms. The van der Waals surface area contributed by atoms with Gasteiger partial charge in [0.05, 0.1) is 0 Å². The Labute approximate surface area is 116 Å². The Balaban J connectivity index is 2.32. The lowest BCUT2D eigenvalue weighted by molar-refractivity contribution is 0.962. The normalized spacial score (nSPS) is 10.4. The molecule has 2 aromatic rings. The van der Waals surface area contributed by atoms with Gasteiger partial charge in [0.15, 0.2) is 5.82 Å². The van der Waals surface area contributed by atoms with Crippen molar-refractivity contribution in [1.82, 2.24) is 9.97 Å². The average molecular weight is 306 g/mol. The second kappa shape index (κ2) is 5.96. The number of aryl methyl sites for hydroxylation is 1. The van der Waals surface area contributed by atoms with Gasteiger partial charge < -0.3 is 5.32 Å². The predicted octanol–water partition coefficient (Wildman–Crippen LogP) is 4.04. The van der Waals surface area contributed by atoms with Crippen molar-refractivity contribution < 1.29 is 0 Å². The standard InChI is InChI=1S/C14H16BrN3/c1-3-8-16-13-9-10(2)17-14(18-13)11-4-6-12(15)7-5-11/h4-7,9H,3,8H2,1-2H3,(H,16,17,18). The highest BCUT2D eigenvalue weighted by atomic mass is 79.9. The van der Waals surface area contributed by atoms with Crippen molar-refractivity contribution in [1.29, 1.82) is 0 Å². The third-order valence-corrected chi connectivity index (χ3v) is 3.04. The molecule has 0 unspecified atom stereocenters. The van der Waals surface area contributed by atoms with Crippen LogP contribution < -0.4 is 5.32 Å². The van der Waals surface area contributed by atoms with Crippen molar-refractivity contribution in [3.63, 3.8) is 0 Å². The van der Waals surface area contributed by atoms with Crippen LogP contribution in [0.4, 0.5) is 5.82 Å². The maximum absolute atomic E-state index is 4.53. The Kier molecular flexibility index (Phi) is 4.31. The molecule has 0 bridgehead atoms. The number of hydrogen-bond donors (Lipinski definition) is 1. The summed E-state index contributed by atoms with van der Waals surface area (Å²) < 4.78 is 1.06. The number of nitrogens with zero attached hydrogens (tertiary/aromatic N) is 2. The van der Waals surface area contributed by atoms with Gasteiger partial charge in [0.2, 0.25) is 0 Å². The number of benzene rings is 1. The van der Waals surface area contributed by atoms with Gasteiger partial charge in [-0.05, 0) is 25.5 Å². The lowest BCUT2D eigenvalue weighted by atomic mass is 10.2. The molecule has 1 aromatic heterocycles. The van der Waals surface area contributed by atoms with Crippen molar-refractivity contribution in [2.45, 2.75) is 20.3 Å². The zero-order valence-corrected chi connectivity index (χ0v) is 12.2. The van der Waals surface area contributed by atoms with E-state index in [-0.39, 0.29) is 0 Å². The molecule has 0 aliphatic heterocycles. The average Bonchev–Trinajstić information content (AvgIpc) is 2.36. The molecule has 94 valence electrons. The van der Waals surface area contributed by atoms with E-state index in [0.29, 0.717) is 0 Å². The van der Waals surface area contributed by atoms with E-state index in [1.165, 1.54) is 0 Å². The highest BCUT2D eigenvalue weighted by molar-refractivity contribution is 9.10. The molecule has 0 saturated carbocycles. The molecule has 0 fully saturated rings. The van der Waals surface area contributed by atoms with E-state index in [1.807, 2.05) is 37.3 Å². The molecule has 0 spiro atoms. The molecular formula is C14H16BrN3. The smallest absolute Gasteiger partial charge is 0.161 e. The lowest BCUT2D eigenvalue weighted by Crippen LogP contribution is -2.04. The summed E-state index contributed by atoms with van der Waals surface area (Å²) in [5, 5.41) is 3.30. The molecule has 0 aliphatic rings. The largest absolute Gasteiger partial charge is 0.370 e. The Bertz CT molecular complexity index is 523. The van der Waals surface area contributed by atoms with Gasteiger partial charge in [0.1, 0.15) is 5.82 Å². The van der Waals surface area contributed by atoms with Crippen molar-refractivity contribution in [2.24, 2.45) is 0 Å². The molecule has 1 N–H and O–H groups in total. The minimum absolute atomic E-state index is 0.765. The predicted molar refractivity (Wildman–Crippen MR) is 78.7 cm³/mol.